The number of para-hydroxylation sites is 1. The molecule has 1 amide bonds. The highest BCUT2D eigenvalue weighted by atomic mass is 19.1. The molecule has 0 saturated heterocycles. The molecule has 0 bridgehead atoms. The summed E-state index contributed by atoms with van der Waals surface area (Å²) in [6.07, 6.45) is 0. The van der Waals surface area contributed by atoms with Crippen molar-refractivity contribution in [1.82, 2.24) is 4.90 Å². The van der Waals surface area contributed by atoms with E-state index in [0.29, 0.717) is 5.56 Å². The third-order valence-corrected chi connectivity index (χ3v) is 2.84. The molecule has 104 valence electrons. The van der Waals surface area contributed by atoms with Crippen LogP contribution in [-0.4, -0.2) is 24.9 Å². The molecule has 1 N–H and O–H groups in total. The number of rotatable bonds is 4. The van der Waals surface area contributed by atoms with Crippen LogP contribution < -0.4 is 5.32 Å². The predicted octanol–water partition coefficient (Wildman–Crippen LogP) is 3.14. The molecule has 0 heterocycles. The first-order chi connectivity index (χ1) is 9.56. The number of hydrogen-bond donors (Lipinski definition) is 1. The first-order valence-electron chi connectivity index (χ1n) is 6.36. The summed E-state index contributed by atoms with van der Waals surface area (Å²) in [5.41, 5.74) is 2.07. The maximum absolute atomic E-state index is 13.1. The van der Waals surface area contributed by atoms with Crippen molar-refractivity contribution in [2.24, 2.45) is 0 Å². The Kier molecular flexibility index (Phi) is 4.48. The van der Waals surface area contributed by atoms with E-state index in [0.717, 1.165) is 17.8 Å². The fraction of sp³-hybridized carbons (Fsp3) is 0.188. The zero-order valence-electron chi connectivity index (χ0n) is 11.6. The van der Waals surface area contributed by atoms with Crippen molar-refractivity contribution in [2.75, 3.05) is 19.4 Å². The average Bonchev–Trinajstić information content (AvgIpc) is 2.40. The Morgan fingerprint density at radius 1 is 1.15 bits per heavy atom. The minimum absolute atomic E-state index is 0.310. The summed E-state index contributed by atoms with van der Waals surface area (Å²) in [5, 5.41) is 2.83. The maximum atomic E-state index is 13.1. The Morgan fingerprint density at radius 2 is 1.90 bits per heavy atom. The van der Waals surface area contributed by atoms with E-state index in [9.17, 15) is 9.18 Å². The number of carbonyl (C=O) groups is 1. The lowest BCUT2D eigenvalue weighted by Crippen LogP contribution is -2.16. The van der Waals surface area contributed by atoms with Gasteiger partial charge in [-0.05, 0) is 43.9 Å². The molecule has 0 atom stereocenters. The standard InChI is InChI=1S/C16H17FN2O/c1-19(2)11-13-6-3-4-9-15(13)18-16(20)12-7-5-8-14(17)10-12/h3-10H,11H2,1-2H3,(H,18,20). The van der Waals surface area contributed by atoms with Crippen molar-refractivity contribution in [3.63, 3.8) is 0 Å². The molecule has 0 spiro atoms. The zero-order valence-corrected chi connectivity index (χ0v) is 11.6. The molecule has 0 aliphatic rings. The minimum Gasteiger partial charge on any atom is -0.322 e. The third kappa shape index (κ3) is 3.65. The smallest absolute Gasteiger partial charge is 0.255 e. The van der Waals surface area contributed by atoms with E-state index in [1.165, 1.54) is 18.2 Å². The number of amides is 1. The van der Waals surface area contributed by atoms with Crippen molar-refractivity contribution in [3.8, 4) is 0 Å². The summed E-state index contributed by atoms with van der Waals surface area (Å²) >= 11 is 0. The molecule has 0 aliphatic carbocycles. The molecule has 0 saturated carbocycles. The Bertz CT molecular complexity index is 611. The second-order valence-corrected chi connectivity index (χ2v) is 4.86. The fourth-order valence-corrected chi connectivity index (χ4v) is 1.95. The van der Waals surface area contributed by atoms with Gasteiger partial charge < -0.3 is 10.2 Å². The molecule has 2 aromatic carbocycles. The number of nitrogens with zero attached hydrogens (tertiary/aromatic N) is 1. The van der Waals surface area contributed by atoms with Gasteiger partial charge in [0.15, 0.2) is 0 Å². The molecule has 0 aromatic heterocycles. The van der Waals surface area contributed by atoms with Gasteiger partial charge in [0.2, 0.25) is 0 Å². The van der Waals surface area contributed by atoms with Crippen LogP contribution in [-0.2, 0) is 6.54 Å². The molecule has 0 fully saturated rings. The first kappa shape index (κ1) is 14.2. The van der Waals surface area contributed by atoms with E-state index < -0.39 is 5.82 Å². The van der Waals surface area contributed by atoms with Gasteiger partial charge in [-0.3, -0.25) is 4.79 Å². The topological polar surface area (TPSA) is 32.3 Å². The van der Waals surface area contributed by atoms with Crippen LogP contribution in [0.3, 0.4) is 0 Å². The highest BCUT2D eigenvalue weighted by molar-refractivity contribution is 6.04. The lowest BCUT2D eigenvalue weighted by atomic mass is 10.1. The summed E-state index contributed by atoms with van der Waals surface area (Å²) < 4.78 is 13.1. The van der Waals surface area contributed by atoms with Gasteiger partial charge in [0.1, 0.15) is 5.82 Å². The van der Waals surface area contributed by atoms with Gasteiger partial charge in [-0.25, -0.2) is 4.39 Å². The quantitative estimate of drug-likeness (QED) is 0.927. The third-order valence-electron chi connectivity index (χ3n) is 2.84. The van der Waals surface area contributed by atoms with Gasteiger partial charge in [0.25, 0.3) is 5.91 Å². The van der Waals surface area contributed by atoms with Crippen molar-refractivity contribution in [1.29, 1.82) is 0 Å². The molecule has 20 heavy (non-hydrogen) atoms. The monoisotopic (exact) mass is 272 g/mol. The maximum Gasteiger partial charge on any atom is 0.255 e. The number of nitrogens with one attached hydrogen (secondary N) is 1. The molecule has 4 heteroatoms. The summed E-state index contributed by atoms with van der Waals surface area (Å²) in [6.45, 7) is 0.722. The van der Waals surface area contributed by atoms with Crippen molar-refractivity contribution in [2.45, 2.75) is 6.54 Å². The predicted molar refractivity (Wildman–Crippen MR) is 78.2 cm³/mol. The van der Waals surface area contributed by atoms with Crippen LogP contribution >= 0.6 is 0 Å². The van der Waals surface area contributed by atoms with Gasteiger partial charge in [0, 0.05) is 17.8 Å². The molecule has 0 unspecified atom stereocenters. The second-order valence-electron chi connectivity index (χ2n) is 4.86. The van der Waals surface area contributed by atoms with Crippen LogP contribution in [0.2, 0.25) is 0 Å². The largest absolute Gasteiger partial charge is 0.322 e. The first-order valence-corrected chi connectivity index (χ1v) is 6.36. The fourth-order valence-electron chi connectivity index (χ4n) is 1.95. The average molecular weight is 272 g/mol. The van der Waals surface area contributed by atoms with Crippen LogP contribution in [0.15, 0.2) is 48.5 Å². The Balaban J connectivity index is 2.19. The number of halogens is 1. The van der Waals surface area contributed by atoms with Gasteiger partial charge in [-0.2, -0.15) is 0 Å². The molecular weight excluding hydrogens is 255 g/mol. The highest BCUT2D eigenvalue weighted by Gasteiger charge is 2.09. The van der Waals surface area contributed by atoms with Gasteiger partial charge in [-0.15, -0.1) is 0 Å². The van der Waals surface area contributed by atoms with Crippen molar-refractivity contribution >= 4 is 11.6 Å². The molecule has 3 nitrogen and oxygen atoms in total. The van der Waals surface area contributed by atoms with E-state index in [4.69, 9.17) is 0 Å². The van der Waals surface area contributed by atoms with Crippen LogP contribution in [0.1, 0.15) is 15.9 Å². The Hall–Kier alpha value is -2.20. The molecule has 0 aliphatic heterocycles. The molecular formula is C16H17FN2O. The molecule has 2 aromatic rings. The van der Waals surface area contributed by atoms with E-state index in [1.807, 2.05) is 43.3 Å². The number of hydrogen-bond acceptors (Lipinski definition) is 2. The number of benzene rings is 2. The van der Waals surface area contributed by atoms with Crippen molar-refractivity contribution in [3.05, 3.63) is 65.5 Å². The van der Waals surface area contributed by atoms with Crippen molar-refractivity contribution < 1.29 is 9.18 Å². The van der Waals surface area contributed by atoms with Crippen LogP contribution in [0, 0.1) is 5.82 Å². The molecule has 2 rings (SSSR count). The summed E-state index contributed by atoms with van der Waals surface area (Å²) in [7, 11) is 3.93. The summed E-state index contributed by atoms with van der Waals surface area (Å²) in [4.78, 5) is 14.1. The second kappa shape index (κ2) is 6.30. The Labute approximate surface area is 118 Å². The number of carbonyl (C=O) groups excluding carboxylic acids is 1. The van der Waals surface area contributed by atoms with E-state index in [1.54, 1.807) is 6.07 Å². The van der Waals surface area contributed by atoms with E-state index in [2.05, 4.69) is 5.32 Å². The van der Waals surface area contributed by atoms with Crippen LogP contribution in [0.25, 0.3) is 0 Å². The normalized spacial score (nSPS) is 10.6. The molecule has 0 radical (unpaired) electrons. The Morgan fingerprint density at radius 3 is 2.60 bits per heavy atom. The van der Waals surface area contributed by atoms with Crippen LogP contribution in [0.5, 0.6) is 0 Å². The summed E-state index contributed by atoms with van der Waals surface area (Å²) in [6, 6.07) is 13.2. The van der Waals surface area contributed by atoms with Gasteiger partial charge >= 0.3 is 0 Å². The minimum atomic E-state index is -0.417. The zero-order chi connectivity index (χ0) is 14.5. The van der Waals surface area contributed by atoms with Gasteiger partial charge in [-0.1, -0.05) is 24.3 Å². The van der Waals surface area contributed by atoms with Gasteiger partial charge in [0.05, 0.1) is 0 Å². The van der Waals surface area contributed by atoms with E-state index >= 15 is 0 Å². The lowest BCUT2D eigenvalue weighted by Gasteiger charge is -2.14. The lowest BCUT2D eigenvalue weighted by molar-refractivity contribution is 0.102. The number of anilines is 1. The van der Waals surface area contributed by atoms with E-state index in [-0.39, 0.29) is 5.91 Å². The van der Waals surface area contributed by atoms with Crippen LogP contribution in [0.4, 0.5) is 10.1 Å². The summed E-state index contributed by atoms with van der Waals surface area (Å²) in [5.74, 6) is -0.727. The SMILES string of the molecule is CN(C)Cc1ccccc1NC(=O)c1cccc(F)c1. The highest BCUT2D eigenvalue weighted by Crippen LogP contribution is 2.17.